The van der Waals surface area contributed by atoms with Gasteiger partial charge in [-0.05, 0) is 12.8 Å². The molecule has 2 rings (SSSR count). The van der Waals surface area contributed by atoms with E-state index in [-0.39, 0.29) is 36.2 Å². The van der Waals surface area contributed by atoms with Gasteiger partial charge < -0.3 is 34.7 Å². The standard InChI is InChI=1S/C18H28N6O5S2/c1-4-6-25-17(30)27-8-12(9-28-18(31)26-7-5-2)29-11-24-10-21-13-14(19)22-16(20-3)23-15(13)24/h10,12H,4-9,11H2,1-3H3,(H3,19,20,22,23). The number of anilines is 2. The maximum absolute atomic E-state index is 5.94. The van der Waals surface area contributed by atoms with Gasteiger partial charge in [0.2, 0.25) is 5.95 Å². The molecule has 0 aliphatic rings. The lowest BCUT2D eigenvalue weighted by molar-refractivity contribution is -0.0516. The lowest BCUT2D eigenvalue weighted by Crippen LogP contribution is -2.29. The highest BCUT2D eigenvalue weighted by Crippen LogP contribution is 2.18. The molecule has 2 aromatic heterocycles. The van der Waals surface area contributed by atoms with Gasteiger partial charge in [0.25, 0.3) is 0 Å². The van der Waals surface area contributed by atoms with E-state index in [0.29, 0.717) is 30.3 Å². The maximum Gasteiger partial charge on any atom is 0.352 e. The number of nitrogens with two attached hydrogens (primary N) is 1. The molecule has 0 radical (unpaired) electrons. The third kappa shape index (κ3) is 7.92. The van der Waals surface area contributed by atoms with Gasteiger partial charge in [-0.3, -0.25) is 4.57 Å². The van der Waals surface area contributed by atoms with Crippen molar-refractivity contribution in [1.29, 1.82) is 0 Å². The van der Waals surface area contributed by atoms with Gasteiger partial charge in [-0.15, -0.1) is 0 Å². The molecule has 3 N–H and O–H groups in total. The first-order valence-electron chi connectivity index (χ1n) is 9.85. The first kappa shape index (κ1) is 24.8. The van der Waals surface area contributed by atoms with Crippen LogP contribution in [0, 0.1) is 0 Å². The third-order valence-electron chi connectivity index (χ3n) is 3.79. The number of aromatic nitrogens is 4. The lowest BCUT2D eigenvalue weighted by Gasteiger charge is -2.19. The Bertz CT molecular complexity index is 841. The molecular formula is C18H28N6O5S2. The summed E-state index contributed by atoms with van der Waals surface area (Å²) < 4.78 is 29.1. The molecule has 0 aromatic carbocycles. The molecule has 0 fully saturated rings. The second-order valence-corrected chi connectivity index (χ2v) is 6.97. The molecule has 13 heteroatoms. The minimum Gasteiger partial charge on any atom is -0.457 e. The normalized spacial score (nSPS) is 10.8. The average molecular weight is 473 g/mol. The molecule has 31 heavy (non-hydrogen) atoms. The van der Waals surface area contributed by atoms with E-state index >= 15 is 0 Å². The van der Waals surface area contributed by atoms with Crippen LogP contribution in [0.25, 0.3) is 11.2 Å². The van der Waals surface area contributed by atoms with E-state index in [4.69, 9.17) is 53.9 Å². The number of ether oxygens (including phenoxy) is 5. The van der Waals surface area contributed by atoms with Crippen molar-refractivity contribution in [3.05, 3.63) is 6.33 Å². The number of imidazole rings is 1. The Hall–Kier alpha value is -2.51. The van der Waals surface area contributed by atoms with Gasteiger partial charge in [0.05, 0.1) is 19.5 Å². The Labute approximate surface area is 191 Å². The maximum atomic E-state index is 5.94. The zero-order valence-corrected chi connectivity index (χ0v) is 19.5. The van der Waals surface area contributed by atoms with E-state index in [1.54, 1.807) is 17.9 Å². The average Bonchev–Trinajstić information content (AvgIpc) is 3.18. The number of thiocarbonyl (C=S) groups is 2. The molecule has 2 aromatic rings. The number of hydrogen-bond donors (Lipinski definition) is 2. The summed E-state index contributed by atoms with van der Waals surface area (Å²) in [5, 5.41) is 2.96. The topological polar surface area (TPSA) is 128 Å². The predicted octanol–water partition coefficient (Wildman–Crippen LogP) is 2.25. The molecule has 0 spiro atoms. The quantitative estimate of drug-likeness (QED) is 0.440. The van der Waals surface area contributed by atoms with Crippen LogP contribution in [0.3, 0.4) is 0 Å². The number of nitrogens with zero attached hydrogens (tertiary/aromatic N) is 4. The van der Waals surface area contributed by atoms with Crippen LogP contribution < -0.4 is 11.1 Å². The number of nitrogen functional groups attached to an aromatic ring is 1. The van der Waals surface area contributed by atoms with Crippen molar-refractivity contribution in [1.82, 2.24) is 19.5 Å². The van der Waals surface area contributed by atoms with E-state index in [9.17, 15) is 0 Å². The molecule has 2 heterocycles. The molecule has 0 aliphatic carbocycles. The SMILES string of the molecule is CCCOC(=S)OCC(COC(=S)OCCC)OCn1cnc2c(N)nc(NC)nc21. The summed E-state index contributed by atoms with van der Waals surface area (Å²) in [5.74, 6) is 0.653. The molecule has 0 atom stereocenters. The van der Waals surface area contributed by atoms with Gasteiger partial charge in [-0.2, -0.15) is 9.97 Å². The molecular weight excluding hydrogens is 444 g/mol. The van der Waals surface area contributed by atoms with Crippen LogP contribution in [-0.4, -0.2) is 69.6 Å². The van der Waals surface area contributed by atoms with Crippen LogP contribution in [0.15, 0.2) is 6.33 Å². The highest BCUT2D eigenvalue weighted by molar-refractivity contribution is 7.79. The van der Waals surface area contributed by atoms with Gasteiger partial charge >= 0.3 is 10.5 Å². The summed E-state index contributed by atoms with van der Waals surface area (Å²) >= 11 is 10.1. The second kappa shape index (κ2) is 13.0. The summed E-state index contributed by atoms with van der Waals surface area (Å²) in [7, 11) is 1.70. The second-order valence-electron chi connectivity index (χ2n) is 6.31. The minimum atomic E-state index is -0.522. The first-order chi connectivity index (χ1) is 15.0. The number of fused-ring (bicyclic) bond motifs is 1. The third-order valence-corrected chi connectivity index (χ3v) is 4.26. The highest BCUT2D eigenvalue weighted by Gasteiger charge is 2.17. The van der Waals surface area contributed by atoms with Gasteiger partial charge in [0.1, 0.15) is 31.6 Å². The lowest BCUT2D eigenvalue weighted by atomic mass is 10.4. The van der Waals surface area contributed by atoms with E-state index in [2.05, 4.69) is 20.3 Å². The van der Waals surface area contributed by atoms with Gasteiger partial charge in [-0.25, -0.2) is 4.98 Å². The number of hydrogen-bond acceptors (Lipinski definition) is 12. The molecule has 0 aliphatic heterocycles. The Balaban J connectivity index is 2.02. The molecule has 0 saturated carbocycles. The fourth-order valence-electron chi connectivity index (χ4n) is 2.28. The van der Waals surface area contributed by atoms with Crippen molar-refractivity contribution in [2.45, 2.75) is 39.5 Å². The smallest absolute Gasteiger partial charge is 0.352 e. The van der Waals surface area contributed by atoms with Crippen LogP contribution in [0.1, 0.15) is 26.7 Å². The van der Waals surface area contributed by atoms with E-state index in [1.165, 1.54) is 0 Å². The van der Waals surface area contributed by atoms with Crippen LogP contribution in [-0.2, 0) is 30.4 Å². The van der Waals surface area contributed by atoms with Crippen molar-refractivity contribution in [2.24, 2.45) is 0 Å². The molecule has 172 valence electrons. The van der Waals surface area contributed by atoms with Crippen LogP contribution in [0.5, 0.6) is 0 Å². The zero-order chi connectivity index (χ0) is 22.6. The predicted molar refractivity (Wildman–Crippen MR) is 124 cm³/mol. The largest absolute Gasteiger partial charge is 0.457 e. The van der Waals surface area contributed by atoms with E-state index in [0.717, 1.165) is 12.8 Å². The van der Waals surface area contributed by atoms with E-state index in [1.807, 2.05) is 13.8 Å². The molecule has 0 bridgehead atoms. The van der Waals surface area contributed by atoms with Gasteiger partial charge in [0, 0.05) is 31.5 Å². The first-order valence-corrected chi connectivity index (χ1v) is 10.7. The summed E-state index contributed by atoms with van der Waals surface area (Å²) in [5.41, 5.74) is 6.95. The summed E-state index contributed by atoms with van der Waals surface area (Å²) in [4.78, 5) is 12.7. The monoisotopic (exact) mass is 472 g/mol. The summed E-state index contributed by atoms with van der Waals surface area (Å²) in [6.45, 7) is 5.22. The fourth-order valence-corrected chi connectivity index (χ4v) is 2.58. The van der Waals surface area contributed by atoms with Gasteiger partial charge in [-0.1, -0.05) is 13.8 Å². The van der Waals surface area contributed by atoms with Crippen LogP contribution >= 0.6 is 24.4 Å². The molecule has 0 unspecified atom stereocenters. The van der Waals surface area contributed by atoms with Crippen LogP contribution in [0.4, 0.5) is 11.8 Å². The Morgan fingerprint density at radius 2 is 1.68 bits per heavy atom. The fraction of sp³-hybridized carbons (Fsp3) is 0.611. The zero-order valence-electron chi connectivity index (χ0n) is 17.8. The Morgan fingerprint density at radius 3 is 2.23 bits per heavy atom. The molecule has 0 amide bonds. The van der Waals surface area contributed by atoms with Crippen molar-refractivity contribution >= 4 is 57.8 Å². The molecule has 11 nitrogen and oxygen atoms in total. The van der Waals surface area contributed by atoms with Crippen molar-refractivity contribution in [3.8, 4) is 0 Å². The summed E-state index contributed by atoms with van der Waals surface area (Å²) in [6, 6.07) is 0. The highest BCUT2D eigenvalue weighted by atomic mass is 32.1. The van der Waals surface area contributed by atoms with Crippen molar-refractivity contribution < 1.29 is 23.7 Å². The molecule has 0 saturated heterocycles. The van der Waals surface area contributed by atoms with Crippen molar-refractivity contribution in [3.63, 3.8) is 0 Å². The van der Waals surface area contributed by atoms with Crippen LogP contribution in [0.2, 0.25) is 0 Å². The number of rotatable bonds is 12. The van der Waals surface area contributed by atoms with Gasteiger partial charge in [0.15, 0.2) is 11.5 Å². The Kier molecular flexibility index (Phi) is 10.4. The summed E-state index contributed by atoms with van der Waals surface area (Å²) in [6.07, 6.45) is 2.69. The van der Waals surface area contributed by atoms with E-state index < -0.39 is 6.10 Å². The van der Waals surface area contributed by atoms with Crippen molar-refractivity contribution in [2.75, 3.05) is 44.5 Å². The minimum absolute atomic E-state index is 0.0486. The Morgan fingerprint density at radius 1 is 1.06 bits per heavy atom. The number of nitrogens with one attached hydrogen (secondary N) is 1.